The zero-order valence-electron chi connectivity index (χ0n) is 9.66. The second-order valence-corrected chi connectivity index (χ2v) is 4.64. The zero-order chi connectivity index (χ0) is 11.8. The summed E-state index contributed by atoms with van der Waals surface area (Å²) < 4.78 is 28.5. The monoisotopic (exact) mass is 229 g/mol. The lowest BCUT2D eigenvalue weighted by Crippen LogP contribution is -2.45. The minimum Gasteiger partial charge on any atom is -0.337 e. The van der Waals surface area contributed by atoms with E-state index in [1.807, 2.05) is 11.6 Å². The van der Waals surface area contributed by atoms with Gasteiger partial charge in [-0.3, -0.25) is 4.90 Å². The summed E-state index contributed by atoms with van der Waals surface area (Å²) in [4.78, 5) is 6.09. The summed E-state index contributed by atoms with van der Waals surface area (Å²) in [6, 6.07) is 0. The number of aryl methyl sites for hydroxylation is 1. The highest BCUT2D eigenvalue weighted by molar-refractivity contribution is 4.98. The second kappa shape index (κ2) is 4.13. The van der Waals surface area contributed by atoms with Crippen molar-refractivity contribution in [1.82, 2.24) is 14.5 Å². The van der Waals surface area contributed by atoms with E-state index in [0.29, 0.717) is 19.6 Å². The maximum Gasteiger partial charge on any atom is 0.253 e. The summed E-state index contributed by atoms with van der Waals surface area (Å²) in [5, 5.41) is 0. The molecule has 1 saturated heterocycles. The molecule has 1 aromatic rings. The van der Waals surface area contributed by atoms with Crippen LogP contribution >= 0.6 is 0 Å². The molecule has 0 saturated carbocycles. The Kier molecular flexibility index (Phi) is 2.97. The van der Waals surface area contributed by atoms with Crippen LogP contribution < -0.4 is 0 Å². The van der Waals surface area contributed by atoms with Crippen molar-refractivity contribution in [1.29, 1.82) is 0 Å². The van der Waals surface area contributed by atoms with Gasteiger partial charge in [-0.05, 0) is 0 Å². The number of imidazole rings is 1. The first kappa shape index (κ1) is 11.5. The van der Waals surface area contributed by atoms with E-state index in [4.69, 9.17) is 0 Å². The van der Waals surface area contributed by atoms with Crippen LogP contribution in [-0.2, 0) is 13.6 Å². The molecule has 0 radical (unpaired) electrons. The van der Waals surface area contributed by atoms with Crippen molar-refractivity contribution in [2.75, 3.05) is 13.1 Å². The van der Waals surface area contributed by atoms with E-state index < -0.39 is 11.8 Å². The number of alkyl halides is 2. The third kappa shape index (κ3) is 2.24. The second-order valence-electron chi connectivity index (χ2n) is 4.64. The van der Waals surface area contributed by atoms with E-state index in [1.54, 1.807) is 19.4 Å². The lowest BCUT2D eigenvalue weighted by atomic mass is 9.95. The van der Waals surface area contributed by atoms with Crippen LogP contribution in [0.1, 0.15) is 19.0 Å². The fraction of sp³-hybridized carbons (Fsp3) is 0.727. The van der Waals surface area contributed by atoms with Crippen LogP contribution in [0.3, 0.4) is 0 Å². The summed E-state index contributed by atoms with van der Waals surface area (Å²) in [5.41, 5.74) is 1.07. The quantitative estimate of drug-likeness (QED) is 0.772. The van der Waals surface area contributed by atoms with Crippen molar-refractivity contribution < 1.29 is 8.78 Å². The van der Waals surface area contributed by atoms with Gasteiger partial charge < -0.3 is 4.57 Å². The highest BCUT2D eigenvalue weighted by Gasteiger charge is 2.40. The fourth-order valence-corrected chi connectivity index (χ4v) is 2.08. The number of hydrogen-bond donors (Lipinski definition) is 0. The van der Waals surface area contributed by atoms with Gasteiger partial charge in [0, 0.05) is 45.2 Å². The first-order valence-electron chi connectivity index (χ1n) is 5.54. The number of aromatic nitrogens is 2. The predicted octanol–water partition coefficient (Wildman–Crippen LogP) is 1.90. The van der Waals surface area contributed by atoms with Gasteiger partial charge >= 0.3 is 0 Å². The van der Waals surface area contributed by atoms with E-state index in [9.17, 15) is 8.78 Å². The molecular formula is C11H17F2N3. The average molecular weight is 229 g/mol. The molecule has 0 aromatic carbocycles. The van der Waals surface area contributed by atoms with Crippen LogP contribution in [-0.4, -0.2) is 33.5 Å². The van der Waals surface area contributed by atoms with E-state index in [0.717, 1.165) is 5.69 Å². The molecule has 1 aliphatic rings. The Morgan fingerprint density at radius 3 is 2.88 bits per heavy atom. The number of piperidine rings is 1. The van der Waals surface area contributed by atoms with E-state index in [1.165, 1.54) is 0 Å². The summed E-state index contributed by atoms with van der Waals surface area (Å²) >= 11 is 0. The number of hydrogen-bond acceptors (Lipinski definition) is 2. The smallest absolute Gasteiger partial charge is 0.253 e. The van der Waals surface area contributed by atoms with Gasteiger partial charge in [0.25, 0.3) is 5.92 Å². The molecule has 5 heteroatoms. The molecule has 0 aliphatic carbocycles. The van der Waals surface area contributed by atoms with Gasteiger partial charge in [-0.25, -0.2) is 13.8 Å². The normalized spacial score (nSPS) is 25.9. The number of likely N-dealkylation sites (tertiary alicyclic amines) is 1. The zero-order valence-corrected chi connectivity index (χ0v) is 9.66. The van der Waals surface area contributed by atoms with Gasteiger partial charge in [0.15, 0.2) is 0 Å². The first-order chi connectivity index (χ1) is 7.49. The van der Waals surface area contributed by atoms with E-state index in [-0.39, 0.29) is 6.42 Å². The molecule has 1 aromatic heterocycles. The standard InChI is InChI=1S/C11H17F2N3/c1-9-6-16(4-3-11(9,12)13)7-10-5-14-8-15(10)2/h5,8-9H,3-4,6-7H2,1-2H3. The van der Waals surface area contributed by atoms with Gasteiger partial charge in [-0.15, -0.1) is 0 Å². The molecule has 1 aliphatic heterocycles. The highest BCUT2D eigenvalue weighted by Crippen LogP contribution is 2.33. The van der Waals surface area contributed by atoms with Crippen LogP contribution in [0.15, 0.2) is 12.5 Å². The van der Waals surface area contributed by atoms with E-state index in [2.05, 4.69) is 9.88 Å². The first-order valence-corrected chi connectivity index (χ1v) is 5.54. The van der Waals surface area contributed by atoms with Crippen LogP contribution in [0.25, 0.3) is 0 Å². The molecule has 0 spiro atoms. The minimum atomic E-state index is -2.50. The van der Waals surface area contributed by atoms with Gasteiger partial charge in [0.05, 0.1) is 12.0 Å². The van der Waals surface area contributed by atoms with Crippen LogP contribution in [0, 0.1) is 5.92 Å². The Hall–Kier alpha value is -0.970. The molecule has 90 valence electrons. The third-order valence-electron chi connectivity index (χ3n) is 3.32. The Labute approximate surface area is 94.1 Å². The summed E-state index contributed by atoms with van der Waals surface area (Å²) in [7, 11) is 1.92. The third-order valence-corrected chi connectivity index (χ3v) is 3.32. The minimum absolute atomic E-state index is 0.0357. The van der Waals surface area contributed by atoms with Crippen LogP contribution in [0.2, 0.25) is 0 Å². The van der Waals surface area contributed by atoms with Gasteiger partial charge in [-0.2, -0.15) is 0 Å². The van der Waals surface area contributed by atoms with Crippen molar-refractivity contribution in [3.63, 3.8) is 0 Å². The summed E-state index contributed by atoms with van der Waals surface area (Å²) in [6.45, 7) is 3.24. The number of halogens is 2. The lowest BCUT2D eigenvalue weighted by molar-refractivity contribution is -0.101. The molecule has 3 nitrogen and oxygen atoms in total. The molecule has 1 atom stereocenters. The van der Waals surface area contributed by atoms with Crippen LogP contribution in [0.5, 0.6) is 0 Å². The highest BCUT2D eigenvalue weighted by atomic mass is 19.3. The van der Waals surface area contributed by atoms with Gasteiger partial charge in [0.2, 0.25) is 0 Å². The molecule has 0 bridgehead atoms. The molecular weight excluding hydrogens is 212 g/mol. The Morgan fingerprint density at radius 1 is 1.56 bits per heavy atom. The Bertz CT molecular complexity index is 362. The molecule has 1 unspecified atom stereocenters. The Balaban J connectivity index is 1.96. The van der Waals surface area contributed by atoms with Crippen molar-refractivity contribution in [2.24, 2.45) is 13.0 Å². The molecule has 16 heavy (non-hydrogen) atoms. The van der Waals surface area contributed by atoms with Gasteiger partial charge in [-0.1, -0.05) is 6.92 Å². The fourth-order valence-electron chi connectivity index (χ4n) is 2.08. The largest absolute Gasteiger partial charge is 0.337 e. The van der Waals surface area contributed by atoms with Crippen molar-refractivity contribution >= 4 is 0 Å². The van der Waals surface area contributed by atoms with Crippen molar-refractivity contribution in [2.45, 2.75) is 25.8 Å². The van der Waals surface area contributed by atoms with Crippen molar-refractivity contribution in [3.05, 3.63) is 18.2 Å². The number of rotatable bonds is 2. The summed E-state index contributed by atoms with van der Waals surface area (Å²) in [5.74, 6) is -3.06. The molecule has 0 amide bonds. The van der Waals surface area contributed by atoms with Crippen LogP contribution in [0.4, 0.5) is 8.78 Å². The maximum atomic E-state index is 13.3. The average Bonchev–Trinajstić information content (AvgIpc) is 2.59. The molecule has 2 rings (SSSR count). The summed E-state index contributed by atoms with van der Waals surface area (Å²) in [6.07, 6.45) is 3.49. The SMILES string of the molecule is CC1CN(Cc2cncn2C)CCC1(F)F. The lowest BCUT2D eigenvalue weighted by Gasteiger charge is -2.36. The molecule has 0 N–H and O–H groups in total. The van der Waals surface area contributed by atoms with Gasteiger partial charge in [0.1, 0.15) is 0 Å². The van der Waals surface area contributed by atoms with E-state index >= 15 is 0 Å². The molecule has 1 fully saturated rings. The molecule has 2 heterocycles. The maximum absolute atomic E-state index is 13.3. The predicted molar refractivity (Wildman–Crippen MR) is 57.2 cm³/mol. The topological polar surface area (TPSA) is 21.1 Å². The van der Waals surface area contributed by atoms with Crippen molar-refractivity contribution in [3.8, 4) is 0 Å². The Morgan fingerprint density at radius 2 is 2.31 bits per heavy atom. The number of nitrogens with zero attached hydrogens (tertiary/aromatic N) is 3.